The zero-order chi connectivity index (χ0) is 9.30. The molecule has 1 aromatic carbocycles. The number of hydrogen-bond acceptors (Lipinski definition) is 1. The molecule has 0 aliphatic heterocycles. The first-order chi connectivity index (χ1) is 5.52. The molecule has 4 heteroatoms. The van der Waals surface area contributed by atoms with Crippen molar-refractivity contribution in [1.82, 2.24) is 0 Å². The first kappa shape index (κ1) is 10.3. The van der Waals surface area contributed by atoms with Crippen LogP contribution in [0.2, 0.25) is 10.0 Å². The predicted octanol–water partition coefficient (Wildman–Crippen LogP) is 3.80. The second-order valence-electron chi connectivity index (χ2n) is 2.31. The molecule has 12 heavy (non-hydrogen) atoms. The van der Waals surface area contributed by atoms with Gasteiger partial charge in [0.05, 0.1) is 13.6 Å². The number of Topliss-reactive ketones (excluding diaryl/α,β-unsaturated/α-hetero) is 1. The summed E-state index contributed by atoms with van der Waals surface area (Å²) in [4.78, 5) is 10.9. The van der Waals surface area contributed by atoms with Crippen LogP contribution in [-0.4, -0.2) is 5.78 Å². The van der Waals surface area contributed by atoms with Crippen molar-refractivity contribution in [2.45, 2.75) is 6.92 Å². The van der Waals surface area contributed by atoms with Crippen molar-refractivity contribution in [3.63, 3.8) is 0 Å². The maximum absolute atomic E-state index is 10.9. The summed E-state index contributed by atoms with van der Waals surface area (Å²) in [5.74, 6) is -0.0322. The zero-order valence-electron chi connectivity index (χ0n) is 6.20. The SMILES string of the molecule is CC(=O)c1cc(Cl)c(I)c(Cl)c1. The highest BCUT2D eigenvalue weighted by Crippen LogP contribution is 2.27. The molecule has 0 N–H and O–H groups in total. The highest BCUT2D eigenvalue weighted by Gasteiger charge is 2.07. The summed E-state index contributed by atoms with van der Waals surface area (Å²) >= 11 is 13.7. The van der Waals surface area contributed by atoms with Gasteiger partial charge < -0.3 is 0 Å². The van der Waals surface area contributed by atoms with Crippen molar-refractivity contribution in [3.8, 4) is 0 Å². The normalized spacial score (nSPS) is 10.0. The van der Waals surface area contributed by atoms with E-state index in [9.17, 15) is 4.79 Å². The average Bonchev–Trinajstić information content (AvgIpc) is 1.99. The summed E-state index contributed by atoms with van der Waals surface area (Å²) in [6.07, 6.45) is 0. The topological polar surface area (TPSA) is 17.1 Å². The summed E-state index contributed by atoms with van der Waals surface area (Å²) in [5.41, 5.74) is 0.547. The molecule has 0 saturated carbocycles. The van der Waals surface area contributed by atoms with Gasteiger partial charge in [-0.25, -0.2) is 0 Å². The largest absolute Gasteiger partial charge is 0.295 e. The summed E-state index contributed by atoms with van der Waals surface area (Å²) in [5, 5.41) is 1.04. The Balaban J connectivity index is 3.31. The summed E-state index contributed by atoms with van der Waals surface area (Å²) in [7, 11) is 0. The van der Waals surface area contributed by atoms with Gasteiger partial charge in [-0.3, -0.25) is 4.79 Å². The number of carbonyl (C=O) groups is 1. The van der Waals surface area contributed by atoms with Gasteiger partial charge in [0.25, 0.3) is 0 Å². The van der Waals surface area contributed by atoms with Gasteiger partial charge in [0.2, 0.25) is 0 Å². The maximum atomic E-state index is 10.9. The number of carbonyl (C=O) groups excluding carboxylic acids is 1. The van der Waals surface area contributed by atoms with Crippen molar-refractivity contribution < 1.29 is 4.79 Å². The van der Waals surface area contributed by atoms with Crippen molar-refractivity contribution >= 4 is 51.6 Å². The van der Waals surface area contributed by atoms with Gasteiger partial charge in [-0.2, -0.15) is 0 Å². The van der Waals surface area contributed by atoms with Gasteiger partial charge in [0, 0.05) is 5.56 Å². The Hall–Kier alpha value is 0.200. The van der Waals surface area contributed by atoms with E-state index in [0.29, 0.717) is 15.6 Å². The van der Waals surface area contributed by atoms with Crippen LogP contribution in [0.1, 0.15) is 17.3 Å². The van der Waals surface area contributed by atoms with Gasteiger partial charge in [-0.05, 0) is 41.6 Å². The number of benzene rings is 1. The molecule has 0 spiro atoms. The lowest BCUT2D eigenvalue weighted by Crippen LogP contribution is -1.92. The molecule has 0 bridgehead atoms. The molecule has 64 valence electrons. The molecular formula is C8H5Cl2IO. The fourth-order valence-corrected chi connectivity index (χ4v) is 1.56. The highest BCUT2D eigenvalue weighted by molar-refractivity contribution is 14.1. The highest BCUT2D eigenvalue weighted by atomic mass is 127. The minimum Gasteiger partial charge on any atom is -0.295 e. The van der Waals surface area contributed by atoms with Gasteiger partial charge in [-0.1, -0.05) is 23.2 Å². The van der Waals surface area contributed by atoms with E-state index in [1.807, 2.05) is 22.6 Å². The van der Waals surface area contributed by atoms with E-state index in [1.165, 1.54) is 6.92 Å². The van der Waals surface area contributed by atoms with E-state index in [2.05, 4.69) is 0 Å². The monoisotopic (exact) mass is 314 g/mol. The fourth-order valence-electron chi connectivity index (χ4n) is 0.759. The van der Waals surface area contributed by atoms with Gasteiger partial charge in [-0.15, -0.1) is 0 Å². The molecule has 1 rings (SSSR count). The maximum Gasteiger partial charge on any atom is 0.159 e. The van der Waals surface area contributed by atoms with Crippen LogP contribution < -0.4 is 0 Å². The fraction of sp³-hybridized carbons (Fsp3) is 0.125. The van der Waals surface area contributed by atoms with Gasteiger partial charge in [0.15, 0.2) is 5.78 Å². The van der Waals surface area contributed by atoms with Crippen LogP contribution in [0.25, 0.3) is 0 Å². The van der Waals surface area contributed by atoms with Crippen LogP contribution in [0.5, 0.6) is 0 Å². The van der Waals surface area contributed by atoms with Gasteiger partial charge >= 0.3 is 0 Å². The van der Waals surface area contributed by atoms with E-state index in [4.69, 9.17) is 23.2 Å². The molecule has 0 atom stereocenters. The Morgan fingerprint density at radius 3 is 2.08 bits per heavy atom. The van der Waals surface area contributed by atoms with E-state index in [0.717, 1.165) is 3.57 Å². The van der Waals surface area contributed by atoms with Gasteiger partial charge in [0.1, 0.15) is 0 Å². The first-order valence-electron chi connectivity index (χ1n) is 3.18. The zero-order valence-corrected chi connectivity index (χ0v) is 9.87. The first-order valence-corrected chi connectivity index (χ1v) is 5.01. The third kappa shape index (κ3) is 2.12. The lowest BCUT2D eigenvalue weighted by atomic mass is 10.1. The summed E-state index contributed by atoms with van der Waals surface area (Å²) in [6.45, 7) is 1.48. The third-order valence-corrected chi connectivity index (χ3v) is 3.79. The third-order valence-electron chi connectivity index (χ3n) is 1.39. The van der Waals surface area contributed by atoms with Crippen LogP contribution in [0.3, 0.4) is 0 Å². The minimum atomic E-state index is -0.0322. The summed E-state index contributed by atoms with van der Waals surface area (Å²) < 4.78 is 0.779. The molecule has 0 aromatic heterocycles. The molecule has 1 nitrogen and oxygen atoms in total. The van der Waals surface area contributed by atoms with E-state index in [-0.39, 0.29) is 5.78 Å². The molecular weight excluding hydrogens is 310 g/mol. The Morgan fingerprint density at radius 1 is 1.33 bits per heavy atom. The lowest BCUT2D eigenvalue weighted by molar-refractivity contribution is 0.101. The van der Waals surface area contributed by atoms with E-state index < -0.39 is 0 Å². The van der Waals surface area contributed by atoms with Crippen molar-refractivity contribution in [2.75, 3.05) is 0 Å². The predicted molar refractivity (Wildman–Crippen MR) is 59.2 cm³/mol. The molecule has 1 aromatic rings. The molecule has 0 aliphatic rings. The number of ketones is 1. The Labute approximate surface area is 94.2 Å². The van der Waals surface area contributed by atoms with Crippen LogP contribution in [0.15, 0.2) is 12.1 Å². The number of hydrogen-bond donors (Lipinski definition) is 0. The van der Waals surface area contributed by atoms with E-state index in [1.54, 1.807) is 12.1 Å². The molecule has 0 fully saturated rings. The van der Waals surface area contributed by atoms with Crippen LogP contribution in [0, 0.1) is 3.57 Å². The molecule has 0 aliphatic carbocycles. The number of halogens is 3. The van der Waals surface area contributed by atoms with Crippen LogP contribution in [0.4, 0.5) is 0 Å². The summed E-state index contributed by atoms with van der Waals surface area (Å²) in [6, 6.07) is 3.25. The average molecular weight is 315 g/mol. The lowest BCUT2D eigenvalue weighted by Gasteiger charge is -2.01. The molecule has 0 heterocycles. The number of rotatable bonds is 1. The quantitative estimate of drug-likeness (QED) is 0.438. The van der Waals surface area contributed by atoms with Crippen molar-refractivity contribution in [2.24, 2.45) is 0 Å². The van der Waals surface area contributed by atoms with Crippen molar-refractivity contribution in [1.29, 1.82) is 0 Å². The Kier molecular flexibility index (Phi) is 3.37. The van der Waals surface area contributed by atoms with E-state index >= 15 is 0 Å². The van der Waals surface area contributed by atoms with Crippen LogP contribution >= 0.6 is 45.8 Å². The molecule has 0 amide bonds. The molecule has 0 saturated heterocycles. The Morgan fingerprint density at radius 2 is 1.75 bits per heavy atom. The Bertz CT molecular complexity index is 313. The minimum absolute atomic E-state index is 0.0322. The van der Waals surface area contributed by atoms with Crippen molar-refractivity contribution in [3.05, 3.63) is 31.3 Å². The second kappa shape index (κ2) is 3.94. The smallest absolute Gasteiger partial charge is 0.159 e. The molecule has 0 radical (unpaired) electrons. The molecule has 0 unspecified atom stereocenters. The standard InChI is InChI=1S/C8H5Cl2IO/c1-4(12)5-2-6(9)8(11)7(10)3-5/h2-3H,1H3. The second-order valence-corrected chi connectivity index (χ2v) is 4.20. The van der Waals surface area contributed by atoms with Crippen LogP contribution in [-0.2, 0) is 0 Å².